The first-order chi connectivity index (χ1) is 17.7. The van der Waals surface area contributed by atoms with Gasteiger partial charge in [0.2, 0.25) is 11.4 Å². The van der Waals surface area contributed by atoms with Gasteiger partial charge in [-0.05, 0) is 47.9 Å². The Morgan fingerprint density at radius 1 is 1.21 bits per heavy atom. The normalized spacial score (nSPS) is 20.8. The van der Waals surface area contributed by atoms with Crippen LogP contribution in [0.1, 0.15) is 70.8 Å². The quantitative estimate of drug-likeness (QED) is 0.370. The Bertz CT molecular complexity index is 1550. The summed E-state index contributed by atoms with van der Waals surface area (Å²) in [4.78, 5) is 4.52. The third-order valence-electron chi connectivity index (χ3n) is 5.15. The molecule has 150 valence electrons. The topological polar surface area (TPSA) is 29.9 Å². The van der Waals surface area contributed by atoms with E-state index in [1.165, 1.54) is 13.8 Å². The van der Waals surface area contributed by atoms with E-state index in [9.17, 15) is 0 Å². The van der Waals surface area contributed by atoms with Gasteiger partial charge in [0.25, 0.3) is 0 Å². The number of aryl methyl sites for hydroxylation is 2. The third-order valence-corrected chi connectivity index (χ3v) is 5.15. The Kier molecular flexibility index (Phi) is 2.63. The molecule has 0 amide bonds. The van der Waals surface area contributed by atoms with Crippen LogP contribution in [0.2, 0.25) is 0 Å². The predicted molar refractivity (Wildman–Crippen MR) is 120 cm³/mol. The van der Waals surface area contributed by atoms with Crippen molar-refractivity contribution in [3.8, 4) is 11.3 Å². The van der Waals surface area contributed by atoms with Crippen molar-refractivity contribution in [3.05, 3.63) is 59.4 Å². The maximum Gasteiger partial charge on any atom is 0.227 e. The van der Waals surface area contributed by atoms with E-state index in [0.717, 1.165) is 10.9 Å². The van der Waals surface area contributed by atoms with E-state index in [0.29, 0.717) is 27.8 Å². The zero-order valence-corrected chi connectivity index (χ0v) is 17.1. The molecule has 4 aromatic rings. The van der Waals surface area contributed by atoms with Gasteiger partial charge in [-0.3, -0.25) is 0 Å². The van der Waals surface area contributed by atoms with Gasteiger partial charge in [0, 0.05) is 42.3 Å². The summed E-state index contributed by atoms with van der Waals surface area (Å²) in [7, 11) is 1.82. The van der Waals surface area contributed by atoms with Gasteiger partial charge in [0.05, 0.1) is 5.56 Å². The second kappa shape index (κ2) is 6.98. The van der Waals surface area contributed by atoms with Crippen LogP contribution in [0.4, 0.5) is 0 Å². The fourth-order valence-corrected chi connectivity index (χ4v) is 3.69. The lowest BCUT2D eigenvalue weighted by Crippen LogP contribution is -2.31. The minimum Gasteiger partial charge on any atom is -0.437 e. The molecule has 29 heavy (non-hydrogen) atoms. The van der Waals surface area contributed by atoms with Gasteiger partial charge < -0.3 is 4.42 Å². The zero-order chi connectivity index (χ0) is 29.3. The van der Waals surface area contributed by atoms with Crippen LogP contribution >= 0.6 is 0 Å². The van der Waals surface area contributed by atoms with Gasteiger partial charge >= 0.3 is 0 Å². The van der Waals surface area contributed by atoms with Crippen molar-refractivity contribution in [3.63, 3.8) is 0 Å². The molecule has 0 aliphatic carbocycles. The Balaban J connectivity index is 1.91. The molecule has 0 aliphatic rings. The summed E-state index contributed by atoms with van der Waals surface area (Å²) >= 11 is 0. The van der Waals surface area contributed by atoms with Gasteiger partial charge in [0.1, 0.15) is 7.05 Å². The van der Waals surface area contributed by atoms with E-state index in [4.69, 9.17) is 18.1 Å². The molecule has 0 saturated carbocycles. The summed E-state index contributed by atoms with van der Waals surface area (Å²) in [6.45, 7) is -3.53. The summed E-state index contributed by atoms with van der Waals surface area (Å²) in [5.41, 5.74) is 1.54. The predicted octanol–water partition coefficient (Wildman–Crippen LogP) is 6.49. The highest BCUT2D eigenvalue weighted by Gasteiger charge is 2.22. The maximum atomic E-state index is 8.55. The molecule has 3 aromatic heterocycles. The molecule has 1 aromatic carbocycles. The molecule has 0 bridgehead atoms. The van der Waals surface area contributed by atoms with Crippen LogP contribution in [0, 0.1) is 12.3 Å². The molecule has 3 heterocycles. The zero-order valence-electron chi connectivity index (χ0n) is 27.1. The van der Waals surface area contributed by atoms with E-state index in [-0.39, 0.29) is 17.8 Å². The number of fused-ring (bicyclic) bond motifs is 3. The molecule has 3 nitrogen and oxygen atoms in total. The number of hydrogen-bond acceptors (Lipinski definition) is 2. The average Bonchev–Trinajstić information content (AvgIpc) is 3.15. The minimum atomic E-state index is -2.74. The van der Waals surface area contributed by atoms with Crippen LogP contribution < -0.4 is 4.57 Å². The minimum absolute atomic E-state index is 0.236. The number of furan rings is 1. The van der Waals surface area contributed by atoms with Crippen molar-refractivity contribution in [2.45, 2.75) is 53.6 Å². The van der Waals surface area contributed by atoms with Crippen molar-refractivity contribution >= 4 is 22.1 Å². The number of benzene rings is 1. The Morgan fingerprint density at radius 2 is 2.00 bits per heavy atom. The second-order valence-corrected chi connectivity index (χ2v) is 7.94. The van der Waals surface area contributed by atoms with Crippen molar-refractivity contribution in [2.75, 3.05) is 0 Å². The highest BCUT2D eigenvalue weighted by Crippen LogP contribution is 2.37. The summed E-state index contributed by atoms with van der Waals surface area (Å²) < 4.78 is 87.4. The van der Waals surface area contributed by atoms with Crippen LogP contribution in [-0.2, 0) is 13.5 Å². The van der Waals surface area contributed by atoms with Crippen LogP contribution in [0.25, 0.3) is 33.3 Å². The van der Waals surface area contributed by atoms with Gasteiger partial charge in [-0.1, -0.05) is 46.5 Å². The molecule has 3 heteroatoms. The largest absolute Gasteiger partial charge is 0.437 e. The van der Waals surface area contributed by atoms with E-state index in [2.05, 4.69) is 4.98 Å². The highest BCUT2D eigenvalue weighted by molar-refractivity contribution is 6.08. The number of rotatable bonds is 3. The van der Waals surface area contributed by atoms with Crippen LogP contribution in [0.15, 0.2) is 47.0 Å². The Hall–Kier alpha value is -2.68. The molecular formula is C26H31N2O+. The Morgan fingerprint density at radius 3 is 2.76 bits per heavy atom. The second-order valence-electron chi connectivity index (χ2n) is 7.94. The van der Waals surface area contributed by atoms with E-state index in [1.807, 2.05) is 30.7 Å². The summed E-state index contributed by atoms with van der Waals surface area (Å²) in [5.74, 6) is -1.83. The van der Waals surface area contributed by atoms with Gasteiger partial charge in [0.15, 0.2) is 11.8 Å². The highest BCUT2D eigenvalue weighted by atomic mass is 16.3. The molecule has 0 radical (unpaired) electrons. The lowest BCUT2D eigenvalue weighted by Gasteiger charge is -2.16. The fourth-order valence-electron chi connectivity index (χ4n) is 3.69. The monoisotopic (exact) mass is 397 g/mol. The molecular weight excluding hydrogens is 356 g/mol. The lowest BCUT2D eigenvalue weighted by atomic mass is 9.90. The molecule has 0 saturated heterocycles. The van der Waals surface area contributed by atoms with Crippen LogP contribution in [-0.4, -0.2) is 4.98 Å². The SMILES string of the molecule is [2H]C([2H])([2H])C([2H])(C)c1cc[n+](C)c(-c2c(C)ccc3c2oc2nc(CC(C)(C([2H])([2H])[2H])C([2H])([2H])[2H])ccc23)c1. The smallest absolute Gasteiger partial charge is 0.227 e. The first kappa shape index (κ1) is 10.9. The fraction of sp³-hybridized carbons (Fsp3) is 0.385. The number of nitrogens with zero attached hydrogens (tertiary/aromatic N) is 2. The first-order valence-corrected chi connectivity index (χ1v) is 9.51. The van der Waals surface area contributed by atoms with Crippen LogP contribution in [0.5, 0.6) is 0 Å². The van der Waals surface area contributed by atoms with Gasteiger partial charge in [-0.2, -0.15) is 0 Å². The number of pyridine rings is 2. The van der Waals surface area contributed by atoms with Crippen molar-refractivity contribution in [2.24, 2.45) is 12.5 Å². The summed E-state index contributed by atoms with van der Waals surface area (Å²) in [6, 6.07) is 10.5. The Labute approximate surface area is 187 Å². The molecule has 1 unspecified atom stereocenters. The summed E-state index contributed by atoms with van der Waals surface area (Å²) in [6.07, 6.45) is 1.41. The van der Waals surface area contributed by atoms with Gasteiger partial charge in [-0.15, -0.1) is 0 Å². The number of aromatic nitrogens is 2. The molecule has 0 N–H and O–H groups in total. The van der Waals surface area contributed by atoms with Gasteiger partial charge in [-0.25, -0.2) is 9.55 Å². The molecule has 0 aliphatic heterocycles. The van der Waals surface area contributed by atoms with Crippen molar-refractivity contribution in [1.29, 1.82) is 0 Å². The first-order valence-electron chi connectivity index (χ1n) is 14.5. The number of hydrogen-bond donors (Lipinski definition) is 0. The molecule has 1 atom stereocenters. The van der Waals surface area contributed by atoms with E-state index >= 15 is 0 Å². The third kappa shape index (κ3) is 3.66. The van der Waals surface area contributed by atoms with Crippen molar-refractivity contribution < 1.29 is 22.7 Å². The van der Waals surface area contributed by atoms with Crippen molar-refractivity contribution in [1.82, 2.24) is 4.98 Å². The molecule has 0 fully saturated rings. The van der Waals surface area contributed by atoms with E-state index < -0.39 is 31.9 Å². The maximum absolute atomic E-state index is 8.55. The average molecular weight is 398 g/mol. The van der Waals surface area contributed by atoms with Crippen LogP contribution in [0.3, 0.4) is 0 Å². The molecule has 0 spiro atoms. The standard InChI is InChI=1S/C26H31N2O/c1-16(2)18-12-13-28(7)22(14-18)23-17(3)8-10-20-21-11-9-19(15-26(4,5)6)27-25(21)29-24(20)23/h8-14,16H,15H2,1-7H3/q+1/i1D3,4D3,5D3,16D. The summed E-state index contributed by atoms with van der Waals surface area (Å²) in [5, 5.41) is 1.42. The lowest BCUT2D eigenvalue weighted by molar-refractivity contribution is -0.660. The van der Waals surface area contributed by atoms with E-state index in [1.54, 1.807) is 30.5 Å². The molecule has 4 rings (SSSR count).